The quantitative estimate of drug-likeness (QED) is 0.861. The van der Waals surface area contributed by atoms with E-state index in [0.717, 1.165) is 10.0 Å². The first-order valence-corrected chi connectivity index (χ1v) is 5.39. The summed E-state index contributed by atoms with van der Waals surface area (Å²) in [6, 6.07) is 7.64. The highest BCUT2D eigenvalue weighted by molar-refractivity contribution is 9.10. The molecule has 2 rings (SSSR count). The van der Waals surface area contributed by atoms with Gasteiger partial charge in [0.2, 0.25) is 0 Å². The molecule has 0 bridgehead atoms. The standard InChI is InChI=1S/C11H9BrN2O2/c1-16-11(15)9-6-13-10(14-9)7-2-4-8(12)5-3-7/h2-6H,1H3,(H,13,14). The summed E-state index contributed by atoms with van der Waals surface area (Å²) in [5, 5.41) is 0. The van der Waals surface area contributed by atoms with E-state index >= 15 is 0 Å². The van der Waals surface area contributed by atoms with E-state index in [9.17, 15) is 4.79 Å². The SMILES string of the molecule is COC(=O)c1cnc(-c2ccc(Br)cc2)[nH]1. The van der Waals surface area contributed by atoms with Gasteiger partial charge in [-0.25, -0.2) is 9.78 Å². The van der Waals surface area contributed by atoms with E-state index in [0.29, 0.717) is 11.5 Å². The van der Waals surface area contributed by atoms with Crippen LogP contribution < -0.4 is 0 Å². The molecule has 1 aromatic heterocycles. The maximum atomic E-state index is 11.2. The molecule has 0 saturated heterocycles. The molecule has 0 unspecified atom stereocenters. The molecule has 0 amide bonds. The molecule has 0 aliphatic heterocycles. The van der Waals surface area contributed by atoms with Crippen molar-refractivity contribution >= 4 is 21.9 Å². The minimum atomic E-state index is -0.420. The number of esters is 1. The van der Waals surface area contributed by atoms with Gasteiger partial charge in [0.15, 0.2) is 0 Å². The van der Waals surface area contributed by atoms with E-state index < -0.39 is 5.97 Å². The molecule has 0 saturated carbocycles. The summed E-state index contributed by atoms with van der Waals surface area (Å²) < 4.78 is 5.58. The zero-order valence-electron chi connectivity index (χ0n) is 8.53. The number of aromatic amines is 1. The third kappa shape index (κ3) is 2.14. The molecule has 16 heavy (non-hydrogen) atoms. The Balaban J connectivity index is 2.31. The molecule has 5 heteroatoms. The zero-order chi connectivity index (χ0) is 11.5. The van der Waals surface area contributed by atoms with E-state index in [-0.39, 0.29) is 0 Å². The largest absolute Gasteiger partial charge is 0.464 e. The number of carbonyl (C=O) groups is 1. The molecule has 0 atom stereocenters. The molecule has 82 valence electrons. The fraction of sp³-hybridized carbons (Fsp3) is 0.0909. The molecular weight excluding hydrogens is 272 g/mol. The number of nitrogens with zero attached hydrogens (tertiary/aromatic N) is 1. The number of nitrogens with one attached hydrogen (secondary N) is 1. The molecule has 4 nitrogen and oxygen atoms in total. The van der Waals surface area contributed by atoms with Crippen molar-refractivity contribution in [1.29, 1.82) is 0 Å². The van der Waals surface area contributed by atoms with Gasteiger partial charge in [-0.05, 0) is 12.1 Å². The van der Waals surface area contributed by atoms with Crippen molar-refractivity contribution in [3.8, 4) is 11.4 Å². The molecule has 0 aliphatic carbocycles. The number of ether oxygens (including phenoxy) is 1. The Morgan fingerprint density at radius 3 is 2.69 bits per heavy atom. The number of H-pyrrole nitrogens is 1. The number of carbonyl (C=O) groups excluding carboxylic acids is 1. The Hall–Kier alpha value is -1.62. The van der Waals surface area contributed by atoms with Crippen molar-refractivity contribution in [2.75, 3.05) is 7.11 Å². The number of rotatable bonds is 2. The number of hydrogen-bond donors (Lipinski definition) is 1. The molecule has 1 aromatic carbocycles. The van der Waals surface area contributed by atoms with Gasteiger partial charge in [-0.2, -0.15) is 0 Å². The minimum absolute atomic E-state index is 0.348. The topological polar surface area (TPSA) is 55.0 Å². The van der Waals surface area contributed by atoms with Gasteiger partial charge in [-0.1, -0.05) is 28.1 Å². The van der Waals surface area contributed by atoms with Gasteiger partial charge in [0, 0.05) is 10.0 Å². The van der Waals surface area contributed by atoms with Crippen molar-refractivity contribution in [1.82, 2.24) is 9.97 Å². The van der Waals surface area contributed by atoms with Gasteiger partial charge >= 0.3 is 5.97 Å². The van der Waals surface area contributed by atoms with Crippen molar-refractivity contribution in [3.63, 3.8) is 0 Å². The molecule has 0 spiro atoms. The predicted molar refractivity (Wildman–Crippen MR) is 63.1 cm³/mol. The molecule has 1 N–H and O–H groups in total. The third-order valence-corrected chi connectivity index (χ3v) is 2.63. The van der Waals surface area contributed by atoms with Crippen LogP contribution in [0.3, 0.4) is 0 Å². The number of hydrogen-bond acceptors (Lipinski definition) is 3. The molecular formula is C11H9BrN2O2. The van der Waals surface area contributed by atoms with Crippen molar-refractivity contribution in [2.45, 2.75) is 0 Å². The van der Waals surface area contributed by atoms with E-state index in [1.165, 1.54) is 13.3 Å². The second-order valence-electron chi connectivity index (χ2n) is 3.14. The maximum Gasteiger partial charge on any atom is 0.356 e. The summed E-state index contributed by atoms with van der Waals surface area (Å²) in [6.07, 6.45) is 1.46. The fourth-order valence-electron chi connectivity index (χ4n) is 1.29. The second kappa shape index (κ2) is 4.49. The van der Waals surface area contributed by atoms with Crippen LogP contribution in [0.1, 0.15) is 10.5 Å². The Labute approximate surface area is 101 Å². The lowest BCUT2D eigenvalue weighted by atomic mass is 10.2. The Kier molecular flexibility index (Phi) is 3.05. The average Bonchev–Trinajstić information content (AvgIpc) is 2.78. The molecule has 2 aromatic rings. The molecule has 0 fully saturated rings. The number of halogens is 1. The van der Waals surface area contributed by atoms with Crippen molar-refractivity contribution in [3.05, 3.63) is 40.6 Å². The third-order valence-electron chi connectivity index (χ3n) is 2.10. The van der Waals surface area contributed by atoms with Crippen LogP contribution >= 0.6 is 15.9 Å². The summed E-state index contributed by atoms with van der Waals surface area (Å²) >= 11 is 3.35. The lowest BCUT2D eigenvalue weighted by Crippen LogP contribution is -2.00. The maximum absolute atomic E-state index is 11.2. The van der Waals surface area contributed by atoms with Crippen LogP contribution in [-0.4, -0.2) is 23.0 Å². The first kappa shape index (κ1) is 10.9. The van der Waals surface area contributed by atoms with Crippen LogP contribution in [0.2, 0.25) is 0 Å². The van der Waals surface area contributed by atoms with Crippen LogP contribution in [0.25, 0.3) is 11.4 Å². The van der Waals surface area contributed by atoms with Crippen LogP contribution in [0, 0.1) is 0 Å². The molecule has 0 radical (unpaired) electrons. The lowest BCUT2D eigenvalue weighted by Gasteiger charge is -1.97. The second-order valence-corrected chi connectivity index (χ2v) is 4.06. The Bertz CT molecular complexity index is 505. The summed E-state index contributed by atoms with van der Waals surface area (Å²) in [4.78, 5) is 18.2. The van der Waals surface area contributed by atoms with Crippen molar-refractivity contribution in [2.24, 2.45) is 0 Å². The van der Waals surface area contributed by atoms with Gasteiger partial charge in [-0.15, -0.1) is 0 Å². The van der Waals surface area contributed by atoms with E-state index in [2.05, 4.69) is 30.6 Å². The summed E-state index contributed by atoms with van der Waals surface area (Å²) in [6.45, 7) is 0. The zero-order valence-corrected chi connectivity index (χ0v) is 10.1. The van der Waals surface area contributed by atoms with E-state index in [1.54, 1.807) is 0 Å². The highest BCUT2D eigenvalue weighted by atomic mass is 79.9. The monoisotopic (exact) mass is 280 g/mol. The Morgan fingerprint density at radius 1 is 1.38 bits per heavy atom. The van der Waals surface area contributed by atoms with Crippen LogP contribution in [-0.2, 0) is 4.74 Å². The fourth-order valence-corrected chi connectivity index (χ4v) is 1.55. The van der Waals surface area contributed by atoms with Crippen molar-refractivity contribution < 1.29 is 9.53 Å². The number of benzene rings is 1. The Morgan fingerprint density at radius 2 is 2.06 bits per heavy atom. The summed E-state index contributed by atoms with van der Waals surface area (Å²) in [7, 11) is 1.34. The van der Waals surface area contributed by atoms with Gasteiger partial charge in [0.05, 0.1) is 13.3 Å². The van der Waals surface area contributed by atoms with Gasteiger partial charge < -0.3 is 9.72 Å². The van der Waals surface area contributed by atoms with Crippen LogP contribution in [0.15, 0.2) is 34.9 Å². The molecule has 0 aliphatic rings. The van der Waals surface area contributed by atoms with Gasteiger partial charge in [0.1, 0.15) is 11.5 Å². The van der Waals surface area contributed by atoms with Gasteiger partial charge in [-0.3, -0.25) is 0 Å². The number of imidazole rings is 1. The smallest absolute Gasteiger partial charge is 0.356 e. The first-order chi connectivity index (χ1) is 7.70. The number of methoxy groups -OCH3 is 1. The number of aromatic nitrogens is 2. The van der Waals surface area contributed by atoms with Crippen LogP contribution in [0.4, 0.5) is 0 Å². The summed E-state index contributed by atoms with van der Waals surface area (Å²) in [5.74, 6) is 0.226. The van der Waals surface area contributed by atoms with E-state index in [4.69, 9.17) is 0 Å². The predicted octanol–water partition coefficient (Wildman–Crippen LogP) is 2.63. The van der Waals surface area contributed by atoms with Gasteiger partial charge in [0.25, 0.3) is 0 Å². The first-order valence-electron chi connectivity index (χ1n) is 4.60. The highest BCUT2D eigenvalue weighted by Crippen LogP contribution is 2.18. The van der Waals surface area contributed by atoms with E-state index in [1.807, 2.05) is 24.3 Å². The summed E-state index contributed by atoms with van der Waals surface area (Å²) in [5.41, 5.74) is 1.26. The minimum Gasteiger partial charge on any atom is -0.464 e. The lowest BCUT2D eigenvalue weighted by molar-refractivity contribution is 0.0595. The normalized spacial score (nSPS) is 10.1. The van der Waals surface area contributed by atoms with Crippen LogP contribution in [0.5, 0.6) is 0 Å². The average molecular weight is 281 g/mol. The molecule has 1 heterocycles. The highest BCUT2D eigenvalue weighted by Gasteiger charge is 2.10.